The van der Waals surface area contributed by atoms with E-state index in [1.54, 1.807) is 0 Å². The second-order valence-electron chi connectivity index (χ2n) is 1.82. The fourth-order valence-electron chi connectivity index (χ4n) is 0.544. The van der Waals surface area contributed by atoms with Crippen LogP contribution in [-0.4, -0.2) is 13.1 Å². The molecule has 1 aromatic carbocycles. The first-order valence-corrected chi connectivity index (χ1v) is 3.71. The van der Waals surface area contributed by atoms with Crippen LogP contribution in [0.15, 0.2) is 30.3 Å². The molecule has 12 heavy (non-hydrogen) atoms. The summed E-state index contributed by atoms with van der Waals surface area (Å²) in [6, 6.07) is 10.0. The molecule has 1 rings (SSSR count). The molecule has 0 aliphatic rings. The van der Waals surface area contributed by atoms with E-state index in [0.717, 1.165) is 13.1 Å². The van der Waals surface area contributed by atoms with E-state index >= 15 is 0 Å². The van der Waals surface area contributed by atoms with E-state index in [0.29, 0.717) is 0 Å². The Hall–Kier alpha value is 1.57. The van der Waals surface area contributed by atoms with E-state index in [1.165, 1.54) is 0 Å². The van der Waals surface area contributed by atoms with Gasteiger partial charge in [0, 0.05) is 41.7 Å². The summed E-state index contributed by atoms with van der Waals surface area (Å²) < 4.78 is 0. The fraction of sp³-hybridized carbons (Fsp3) is 0.444. The Morgan fingerprint density at radius 2 is 1.50 bits per heavy atom. The van der Waals surface area contributed by atoms with Crippen molar-refractivity contribution in [2.75, 3.05) is 13.1 Å². The summed E-state index contributed by atoms with van der Waals surface area (Å²) in [5.74, 6) is 0. The average molecular weight is 369 g/mol. The van der Waals surface area contributed by atoms with Gasteiger partial charge in [-0.25, -0.2) is 12.1 Å². The van der Waals surface area contributed by atoms with E-state index < -0.39 is 0 Å². The van der Waals surface area contributed by atoms with Crippen molar-refractivity contribution in [2.45, 2.75) is 13.8 Å². The maximum atomic E-state index is 3.97. The molecule has 64 valence electrons. The molecule has 3 heteroatoms. The molecule has 0 saturated carbocycles. The molecule has 0 bridgehead atoms. The Bertz CT molecular complexity index is 101. The van der Waals surface area contributed by atoms with Crippen LogP contribution in [0.1, 0.15) is 13.8 Å². The Morgan fingerprint density at radius 1 is 1.08 bits per heavy atom. The van der Waals surface area contributed by atoms with Gasteiger partial charge < -0.3 is 5.32 Å². The molecule has 0 saturated heterocycles. The molecular formula is C9H15CeNZr. The minimum atomic E-state index is 0. The van der Waals surface area contributed by atoms with E-state index in [-0.39, 0.29) is 68.0 Å². The second-order valence-corrected chi connectivity index (χ2v) is 1.82. The van der Waals surface area contributed by atoms with Gasteiger partial charge in [0.25, 0.3) is 0 Å². The van der Waals surface area contributed by atoms with Crippen LogP contribution < -0.4 is 0 Å². The monoisotopic (exact) mass is 367 g/mol. The average Bonchev–Trinajstić information content (AvgIpc) is 2.44. The van der Waals surface area contributed by atoms with Crippen LogP contribution in [0.5, 0.6) is 0 Å². The van der Waals surface area contributed by atoms with Crippen molar-refractivity contribution in [3.63, 3.8) is 0 Å². The topological polar surface area (TPSA) is 14.1 Å². The molecule has 0 aliphatic carbocycles. The van der Waals surface area contributed by atoms with Gasteiger partial charge in [-0.1, -0.05) is 13.8 Å². The number of rotatable bonds is 2. The summed E-state index contributed by atoms with van der Waals surface area (Å²) in [6.45, 7) is 6.03. The van der Waals surface area contributed by atoms with Crippen molar-refractivity contribution in [3.8, 4) is 0 Å². The van der Waals surface area contributed by atoms with Crippen molar-refractivity contribution in [2.24, 2.45) is 0 Å². The largest absolute Gasteiger partial charge is 2.00 e. The molecule has 1 aromatic rings. The van der Waals surface area contributed by atoms with Gasteiger partial charge in [-0.15, -0.1) is 0 Å². The minimum Gasteiger partial charge on any atom is -0.663 e. The predicted molar refractivity (Wildman–Crippen MR) is 46.5 cm³/mol. The van der Waals surface area contributed by atoms with Crippen LogP contribution in [0.3, 0.4) is 0 Å². The van der Waals surface area contributed by atoms with Gasteiger partial charge in [0.05, 0.1) is 0 Å². The number of hydrogen-bond donors (Lipinski definition) is 0. The molecule has 0 spiro atoms. The summed E-state index contributed by atoms with van der Waals surface area (Å²) >= 11 is 0. The van der Waals surface area contributed by atoms with Crippen molar-refractivity contribution in [3.05, 3.63) is 35.6 Å². The van der Waals surface area contributed by atoms with E-state index in [2.05, 4.69) is 5.32 Å². The predicted octanol–water partition coefficient (Wildman–Crippen LogP) is 2.80. The van der Waals surface area contributed by atoms with Crippen LogP contribution in [0.2, 0.25) is 0 Å². The third kappa shape index (κ3) is 17.6. The van der Waals surface area contributed by atoms with Gasteiger partial charge in [0.15, 0.2) is 0 Å². The van der Waals surface area contributed by atoms with Crippen molar-refractivity contribution in [1.82, 2.24) is 0 Å². The third-order valence-electron chi connectivity index (χ3n) is 1.00. The number of nitrogens with zero attached hydrogens (tertiary/aromatic N) is 1. The summed E-state index contributed by atoms with van der Waals surface area (Å²) in [5.41, 5.74) is 0. The normalized spacial score (nSPS) is 6.83. The van der Waals surface area contributed by atoms with Crippen molar-refractivity contribution in [1.29, 1.82) is 0 Å². The maximum absolute atomic E-state index is 3.97. The SMILES string of the molecule is CC[N-]CC.[Ce].[Zr+2].c1cc[cH-]c1. The van der Waals surface area contributed by atoms with Crippen LogP contribution in [0, 0.1) is 41.7 Å². The van der Waals surface area contributed by atoms with Crippen LogP contribution in [0.25, 0.3) is 5.32 Å². The quantitative estimate of drug-likeness (QED) is 0.713. The molecule has 0 heterocycles. The minimum absolute atomic E-state index is 0. The smallest absolute Gasteiger partial charge is 0.663 e. The summed E-state index contributed by atoms with van der Waals surface area (Å²) in [6.07, 6.45) is 0. The summed E-state index contributed by atoms with van der Waals surface area (Å²) in [7, 11) is 0. The van der Waals surface area contributed by atoms with Gasteiger partial charge in [-0.3, -0.25) is 0 Å². The summed E-state index contributed by atoms with van der Waals surface area (Å²) in [4.78, 5) is 0. The molecule has 0 amide bonds. The van der Waals surface area contributed by atoms with Gasteiger partial charge in [-0.05, 0) is 0 Å². The Kier molecular flexibility index (Phi) is 29.4. The molecule has 0 unspecified atom stereocenters. The first-order valence-electron chi connectivity index (χ1n) is 3.71. The maximum Gasteiger partial charge on any atom is 2.00 e. The van der Waals surface area contributed by atoms with E-state index in [9.17, 15) is 0 Å². The number of hydrogen-bond acceptors (Lipinski definition) is 0. The van der Waals surface area contributed by atoms with Crippen LogP contribution in [0.4, 0.5) is 0 Å². The van der Waals surface area contributed by atoms with Crippen molar-refractivity contribution < 1.29 is 68.0 Å². The van der Waals surface area contributed by atoms with E-state index in [4.69, 9.17) is 0 Å². The fourth-order valence-corrected chi connectivity index (χ4v) is 0.544. The van der Waals surface area contributed by atoms with E-state index in [1.807, 2.05) is 44.2 Å². The van der Waals surface area contributed by atoms with Gasteiger partial charge in [-0.2, -0.15) is 31.3 Å². The Balaban J connectivity index is -0.000000116. The molecular weight excluding hydrogens is 353 g/mol. The Labute approximate surface area is 129 Å². The molecule has 0 N–H and O–H groups in total. The molecule has 0 atom stereocenters. The zero-order valence-corrected chi connectivity index (χ0v) is 13.3. The Morgan fingerprint density at radius 3 is 1.58 bits per heavy atom. The zero-order valence-electron chi connectivity index (χ0n) is 7.75. The first kappa shape index (κ1) is 19.2. The summed E-state index contributed by atoms with van der Waals surface area (Å²) in [5, 5.41) is 3.97. The molecule has 0 aliphatic heterocycles. The molecule has 0 aromatic heterocycles. The molecule has 0 radical (unpaired) electrons. The van der Waals surface area contributed by atoms with Gasteiger partial charge >= 0.3 is 26.2 Å². The molecule has 0 fully saturated rings. The zero-order chi connectivity index (χ0) is 7.66. The van der Waals surface area contributed by atoms with Gasteiger partial charge in [0.2, 0.25) is 0 Å². The second kappa shape index (κ2) is 18.4. The van der Waals surface area contributed by atoms with Crippen molar-refractivity contribution >= 4 is 0 Å². The first-order chi connectivity index (χ1) is 4.91. The van der Waals surface area contributed by atoms with Crippen LogP contribution >= 0.6 is 0 Å². The van der Waals surface area contributed by atoms with Crippen LogP contribution in [-0.2, 0) is 26.2 Å². The third-order valence-corrected chi connectivity index (χ3v) is 1.00. The molecule has 1 nitrogen and oxygen atoms in total. The standard InChI is InChI=1S/C5H5.C4H10N.Ce.Zr/c1-2-4-5-3-1;1-3-5-4-2;;/h1-5H;3-4H2,1-2H3;;/q2*-1;;+2. The van der Waals surface area contributed by atoms with Gasteiger partial charge in [0.1, 0.15) is 0 Å².